The molecule has 0 spiro atoms. The molecule has 1 amide bonds. The van der Waals surface area contributed by atoms with E-state index in [4.69, 9.17) is 5.26 Å². The average molecular weight is 329 g/mol. The minimum atomic E-state index is -0.479. The normalized spacial score (nSPS) is 10.7. The molecule has 0 atom stereocenters. The van der Waals surface area contributed by atoms with Crippen LogP contribution in [0.25, 0.3) is 10.2 Å². The molecular formula is C13H11N7O2S. The van der Waals surface area contributed by atoms with E-state index < -0.39 is 5.91 Å². The van der Waals surface area contributed by atoms with Crippen molar-refractivity contribution in [1.29, 1.82) is 5.26 Å². The Labute approximate surface area is 133 Å². The highest BCUT2D eigenvalue weighted by molar-refractivity contribution is 7.18. The molecule has 23 heavy (non-hydrogen) atoms. The van der Waals surface area contributed by atoms with Crippen molar-refractivity contribution in [3.8, 4) is 6.07 Å². The summed E-state index contributed by atoms with van der Waals surface area (Å²) in [6, 6.07) is 1.77. The summed E-state index contributed by atoms with van der Waals surface area (Å²) in [5.74, 6) is -0.505. The van der Waals surface area contributed by atoms with Gasteiger partial charge in [-0.15, -0.1) is 16.4 Å². The molecule has 0 bridgehead atoms. The second kappa shape index (κ2) is 5.62. The highest BCUT2D eigenvalue weighted by Crippen LogP contribution is 2.25. The lowest BCUT2D eigenvalue weighted by molar-refractivity contribution is -0.117. The molecule has 3 aromatic heterocycles. The summed E-state index contributed by atoms with van der Waals surface area (Å²) in [6.07, 6.45) is 2.55. The van der Waals surface area contributed by atoms with Gasteiger partial charge in [0.05, 0.1) is 5.39 Å². The fourth-order valence-electron chi connectivity index (χ4n) is 2.05. The Morgan fingerprint density at radius 3 is 2.87 bits per heavy atom. The van der Waals surface area contributed by atoms with Gasteiger partial charge in [0.15, 0.2) is 0 Å². The molecule has 1 N–H and O–H groups in total. The van der Waals surface area contributed by atoms with E-state index in [9.17, 15) is 9.59 Å². The lowest BCUT2D eigenvalue weighted by Gasteiger charge is -2.07. The number of hydrogen-bond donors (Lipinski definition) is 1. The Balaban J connectivity index is 1.85. The maximum atomic E-state index is 12.4. The number of amides is 1. The number of nitrogens with one attached hydrogen (secondary N) is 1. The van der Waals surface area contributed by atoms with Crippen LogP contribution in [-0.2, 0) is 11.3 Å². The van der Waals surface area contributed by atoms with Crippen molar-refractivity contribution in [2.45, 2.75) is 20.4 Å². The third-order valence-electron chi connectivity index (χ3n) is 3.28. The van der Waals surface area contributed by atoms with E-state index in [0.29, 0.717) is 10.2 Å². The quantitative estimate of drug-likeness (QED) is 0.738. The summed E-state index contributed by atoms with van der Waals surface area (Å²) < 4.78 is 2.26. The molecule has 0 saturated heterocycles. The molecule has 0 aromatic carbocycles. The number of nitriles is 1. The molecular weight excluding hydrogens is 318 g/mol. The number of carbonyl (C=O) groups excluding carboxylic acids is 1. The summed E-state index contributed by atoms with van der Waals surface area (Å²) in [6.45, 7) is 3.60. The van der Waals surface area contributed by atoms with Gasteiger partial charge in [0.2, 0.25) is 0 Å². The van der Waals surface area contributed by atoms with E-state index in [-0.39, 0.29) is 17.9 Å². The van der Waals surface area contributed by atoms with Gasteiger partial charge in [-0.1, -0.05) is 0 Å². The molecule has 0 aliphatic heterocycles. The van der Waals surface area contributed by atoms with Gasteiger partial charge in [-0.2, -0.15) is 5.26 Å². The average Bonchev–Trinajstić information content (AvgIpc) is 3.08. The maximum absolute atomic E-state index is 12.4. The predicted octanol–water partition coefficient (Wildman–Crippen LogP) is 0.308. The number of aryl methyl sites for hydroxylation is 2. The van der Waals surface area contributed by atoms with Crippen LogP contribution >= 0.6 is 11.3 Å². The molecule has 3 aromatic rings. The third-order valence-corrected chi connectivity index (χ3v) is 4.39. The van der Waals surface area contributed by atoms with Crippen LogP contribution in [0.1, 0.15) is 16.3 Å². The Kier molecular flexibility index (Phi) is 3.63. The highest BCUT2D eigenvalue weighted by Gasteiger charge is 2.13. The molecule has 3 rings (SSSR count). The van der Waals surface area contributed by atoms with Crippen LogP contribution in [0.15, 0.2) is 17.4 Å². The first-order chi connectivity index (χ1) is 11.0. The fourth-order valence-corrected chi connectivity index (χ4v) is 3.04. The number of hydrogen-bond acceptors (Lipinski definition) is 7. The Morgan fingerprint density at radius 2 is 2.17 bits per heavy atom. The van der Waals surface area contributed by atoms with Crippen LogP contribution < -0.4 is 11.0 Å². The van der Waals surface area contributed by atoms with Crippen LogP contribution in [-0.4, -0.2) is 30.3 Å². The van der Waals surface area contributed by atoms with Crippen LogP contribution in [0.5, 0.6) is 0 Å². The summed E-state index contributed by atoms with van der Waals surface area (Å²) in [5, 5.41) is 12.9. The largest absolute Gasteiger partial charge is 0.281 e. The fraction of sp³-hybridized carbons (Fsp3) is 0.231. The van der Waals surface area contributed by atoms with E-state index in [1.165, 1.54) is 28.7 Å². The molecule has 0 aliphatic carbocycles. The molecule has 10 heteroatoms. The molecule has 3 heterocycles. The molecule has 0 unspecified atom stereocenters. The monoisotopic (exact) mass is 329 g/mol. The number of fused-ring (bicyclic) bond motifs is 1. The summed E-state index contributed by atoms with van der Waals surface area (Å²) in [7, 11) is 0. The van der Waals surface area contributed by atoms with Crippen LogP contribution in [0.3, 0.4) is 0 Å². The number of nitrogens with zero attached hydrogens (tertiary/aromatic N) is 6. The molecule has 0 aliphatic rings. The van der Waals surface area contributed by atoms with E-state index in [1.54, 1.807) is 6.07 Å². The van der Waals surface area contributed by atoms with Crippen molar-refractivity contribution in [1.82, 2.24) is 24.4 Å². The lowest BCUT2D eigenvalue weighted by Crippen LogP contribution is -2.35. The number of rotatable bonds is 3. The van der Waals surface area contributed by atoms with Crippen molar-refractivity contribution < 1.29 is 4.79 Å². The number of aromatic nitrogens is 5. The molecule has 116 valence electrons. The first kappa shape index (κ1) is 14.9. The second-order valence-corrected chi connectivity index (χ2v) is 6.00. The van der Waals surface area contributed by atoms with E-state index in [0.717, 1.165) is 15.1 Å². The van der Waals surface area contributed by atoms with Gasteiger partial charge in [-0.3, -0.25) is 15.0 Å². The van der Waals surface area contributed by atoms with Gasteiger partial charge in [-0.05, 0) is 19.4 Å². The zero-order valence-electron chi connectivity index (χ0n) is 12.3. The van der Waals surface area contributed by atoms with Crippen molar-refractivity contribution >= 4 is 27.5 Å². The summed E-state index contributed by atoms with van der Waals surface area (Å²) >= 11 is 1.44. The van der Waals surface area contributed by atoms with Gasteiger partial charge in [-0.25, -0.2) is 19.3 Å². The van der Waals surface area contributed by atoms with Crippen molar-refractivity contribution in [2.24, 2.45) is 0 Å². The Bertz CT molecular complexity index is 1010. The molecule has 9 nitrogen and oxygen atoms in total. The predicted molar refractivity (Wildman–Crippen MR) is 82.5 cm³/mol. The van der Waals surface area contributed by atoms with Crippen LogP contribution in [0, 0.1) is 25.2 Å². The van der Waals surface area contributed by atoms with Crippen molar-refractivity contribution in [2.75, 3.05) is 5.43 Å². The Morgan fingerprint density at radius 1 is 1.39 bits per heavy atom. The second-order valence-electron chi connectivity index (χ2n) is 4.80. The summed E-state index contributed by atoms with van der Waals surface area (Å²) in [5.41, 5.74) is 2.98. The summed E-state index contributed by atoms with van der Waals surface area (Å²) in [4.78, 5) is 34.0. The van der Waals surface area contributed by atoms with E-state index >= 15 is 0 Å². The zero-order chi connectivity index (χ0) is 16.6. The highest BCUT2D eigenvalue weighted by atomic mass is 32.1. The van der Waals surface area contributed by atoms with Gasteiger partial charge < -0.3 is 0 Å². The molecule has 0 fully saturated rings. The van der Waals surface area contributed by atoms with Crippen LogP contribution in [0.4, 0.5) is 0 Å². The molecule has 0 radical (unpaired) electrons. The van der Waals surface area contributed by atoms with Crippen LogP contribution in [0.2, 0.25) is 0 Å². The standard InChI is InChI=1S/C13H11N7O2S/c1-7-8(2)23-12-11(7)13(22)20(6-16-12)18-10(21)4-19-5-15-9(3-14)17-19/h5-6H,4H2,1-2H3,(H,18,21). The Hall–Kier alpha value is -3.06. The van der Waals surface area contributed by atoms with Crippen molar-refractivity contribution in [3.05, 3.63) is 39.3 Å². The third kappa shape index (κ3) is 2.69. The van der Waals surface area contributed by atoms with Gasteiger partial charge in [0, 0.05) is 4.88 Å². The minimum Gasteiger partial charge on any atom is -0.271 e. The van der Waals surface area contributed by atoms with Gasteiger partial charge in [0.25, 0.3) is 17.3 Å². The SMILES string of the molecule is Cc1sc2ncn(NC(=O)Cn3cnc(C#N)n3)c(=O)c2c1C. The van der Waals surface area contributed by atoms with Gasteiger partial charge >= 0.3 is 0 Å². The topological polar surface area (TPSA) is 118 Å². The zero-order valence-corrected chi connectivity index (χ0v) is 13.1. The smallest absolute Gasteiger partial charge is 0.271 e. The lowest BCUT2D eigenvalue weighted by atomic mass is 10.2. The first-order valence-electron chi connectivity index (χ1n) is 6.56. The van der Waals surface area contributed by atoms with Gasteiger partial charge in [0.1, 0.15) is 30.1 Å². The first-order valence-corrected chi connectivity index (χ1v) is 7.38. The number of thiophene rings is 1. The van der Waals surface area contributed by atoms with E-state index in [2.05, 4.69) is 20.5 Å². The minimum absolute atomic E-state index is 0.0255. The molecule has 0 saturated carbocycles. The van der Waals surface area contributed by atoms with Crippen molar-refractivity contribution in [3.63, 3.8) is 0 Å². The maximum Gasteiger partial charge on any atom is 0.281 e. The van der Waals surface area contributed by atoms with E-state index in [1.807, 2.05) is 13.8 Å². The number of carbonyl (C=O) groups is 1.